The summed E-state index contributed by atoms with van der Waals surface area (Å²) < 4.78 is 36.3. The lowest BCUT2D eigenvalue weighted by atomic mass is 10.2. The fourth-order valence-electron chi connectivity index (χ4n) is 2.48. The number of nitrogens with zero attached hydrogens (tertiary/aromatic N) is 1. The molecule has 0 aliphatic carbocycles. The van der Waals surface area contributed by atoms with E-state index in [4.69, 9.17) is 15.2 Å². The number of benzene rings is 2. The number of hydrogen-bond acceptors (Lipinski definition) is 9. The van der Waals surface area contributed by atoms with Gasteiger partial charge in [-0.1, -0.05) is 0 Å². The lowest BCUT2D eigenvalue weighted by molar-refractivity contribution is -0.386. The molecular formula is C19H20N4O9S. The molecule has 0 unspecified atom stereocenters. The first-order valence-corrected chi connectivity index (χ1v) is 10.7. The van der Waals surface area contributed by atoms with Crippen molar-refractivity contribution in [2.45, 2.75) is 11.3 Å². The number of methoxy groups -OCH3 is 1. The minimum atomic E-state index is -4.15. The Balaban J connectivity index is 1.82. The van der Waals surface area contributed by atoms with Crippen LogP contribution in [0.2, 0.25) is 0 Å². The molecule has 0 aromatic heterocycles. The smallest absolute Gasteiger partial charge is 0.312 e. The quantitative estimate of drug-likeness (QED) is 0.233. The summed E-state index contributed by atoms with van der Waals surface area (Å²) in [7, 11) is -2.94. The van der Waals surface area contributed by atoms with Crippen LogP contribution in [0.25, 0.3) is 0 Å². The molecular weight excluding hydrogens is 460 g/mol. The molecule has 4 N–H and O–H groups in total. The number of nitro groups is 1. The van der Waals surface area contributed by atoms with Crippen molar-refractivity contribution in [3.63, 3.8) is 0 Å². The van der Waals surface area contributed by atoms with Crippen LogP contribution in [0.15, 0.2) is 47.4 Å². The minimum Gasteiger partial charge on any atom is -0.490 e. The van der Waals surface area contributed by atoms with Crippen molar-refractivity contribution in [1.82, 2.24) is 4.72 Å². The van der Waals surface area contributed by atoms with Gasteiger partial charge in [0.05, 0.1) is 23.3 Å². The third kappa shape index (κ3) is 7.26. The van der Waals surface area contributed by atoms with Crippen LogP contribution >= 0.6 is 0 Å². The topological polar surface area (TPSA) is 197 Å². The summed E-state index contributed by atoms with van der Waals surface area (Å²) >= 11 is 0. The monoisotopic (exact) mass is 480 g/mol. The maximum atomic E-state index is 12.3. The van der Waals surface area contributed by atoms with E-state index in [1.807, 2.05) is 0 Å². The Morgan fingerprint density at radius 1 is 1.12 bits per heavy atom. The van der Waals surface area contributed by atoms with Crippen molar-refractivity contribution in [2.24, 2.45) is 5.73 Å². The Labute approximate surface area is 188 Å². The van der Waals surface area contributed by atoms with Crippen LogP contribution in [0.5, 0.6) is 5.75 Å². The van der Waals surface area contributed by atoms with Crippen molar-refractivity contribution >= 4 is 39.2 Å². The number of nitro benzene ring substituents is 1. The predicted octanol–water partition coefficient (Wildman–Crippen LogP) is 0.553. The van der Waals surface area contributed by atoms with E-state index in [2.05, 4.69) is 10.0 Å². The van der Waals surface area contributed by atoms with E-state index < -0.39 is 51.4 Å². The summed E-state index contributed by atoms with van der Waals surface area (Å²) in [6.07, 6.45) is -0.391. The molecule has 2 amide bonds. The first-order valence-electron chi connectivity index (χ1n) is 9.21. The van der Waals surface area contributed by atoms with E-state index in [9.17, 15) is 32.9 Å². The summed E-state index contributed by atoms with van der Waals surface area (Å²) in [5.74, 6) is -2.23. The number of primary amides is 1. The zero-order chi connectivity index (χ0) is 24.6. The second-order valence-electron chi connectivity index (χ2n) is 6.39. The molecule has 13 nitrogen and oxygen atoms in total. The van der Waals surface area contributed by atoms with Gasteiger partial charge >= 0.3 is 11.7 Å². The third-order valence-electron chi connectivity index (χ3n) is 4.10. The Bertz CT molecular complexity index is 1160. The lowest BCUT2D eigenvalue weighted by Gasteiger charge is -2.09. The fourth-order valence-corrected chi connectivity index (χ4v) is 3.53. The van der Waals surface area contributed by atoms with Gasteiger partial charge in [0.15, 0.2) is 12.4 Å². The number of nitrogens with one attached hydrogen (secondary N) is 2. The first kappa shape index (κ1) is 25.2. The molecule has 0 aliphatic rings. The molecule has 0 atom stereocenters. The van der Waals surface area contributed by atoms with E-state index in [1.54, 1.807) is 0 Å². The molecule has 33 heavy (non-hydrogen) atoms. The van der Waals surface area contributed by atoms with E-state index in [-0.39, 0.29) is 22.8 Å². The molecule has 0 aliphatic heterocycles. The normalized spacial score (nSPS) is 10.8. The summed E-state index contributed by atoms with van der Waals surface area (Å²) in [5.41, 5.74) is 5.19. The van der Waals surface area contributed by atoms with Gasteiger partial charge < -0.3 is 20.5 Å². The van der Waals surface area contributed by atoms with Crippen LogP contribution in [0.3, 0.4) is 0 Å². The van der Waals surface area contributed by atoms with E-state index in [0.29, 0.717) is 5.69 Å². The van der Waals surface area contributed by atoms with Gasteiger partial charge in [-0.2, -0.15) is 0 Å². The van der Waals surface area contributed by atoms with Crippen molar-refractivity contribution in [3.05, 3.63) is 58.1 Å². The highest BCUT2D eigenvalue weighted by Gasteiger charge is 2.22. The van der Waals surface area contributed by atoms with Crippen LogP contribution < -0.4 is 20.5 Å². The van der Waals surface area contributed by atoms with E-state index in [0.717, 1.165) is 18.2 Å². The van der Waals surface area contributed by atoms with Gasteiger partial charge in [0.2, 0.25) is 15.9 Å². The maximum absolute atomic E-state index is 12.3. The fraction of sp³-hybridized carbons (Fsp3) is 0.211. The highest BCUT2D eigenvalue weighted by molar-refractivity contribution is 7.89. The second-order valence-corrected chi connectivity index (χ2v) is 8.16. The molecule has 0 radical (unpaired) electrons. The number of carbonyl (C=O) groups is 3. The summed E-state index contributed by atoms with van der Waals surface area (Å²) in [6, 6.07) is 8.80. The zero-order valence-electron chi connectivity index (χ0n) is 17.3. The van der Waals surface area contributed by atoms with Crippen LogP contribution in [0.1, 0.15) is 16.8 Å². The molecule has 0 spiro atoms. The maximum Gasteiger partial charge on any atom is 0.312 e. The van der Waals surface area contributed by atoms with E-state index >= 15 is 0 Å². The second kappa shape index (κ2) is 11.0. The molecule has 0 saturated carbocycles. The molecule has 0 heterocycles. The van der Waals surface area contributed by atoms with Crippen molar-refractivity contribution in [2.75, 3.05) is 25.6 Å². The molecule has 0 fully saturated rings. The number of sulfonamides is 1. The molecule has 0 bridgehead atoms. The Hall–Kier alpha value is -4.04. The van der Waals surface area contributed by atoms with E-state index in [1.165, 1.54) is 31.4 Å². The highest BCUT2D eigenvalue weighted by atomic mass is 32.2. The summed E-state index contributed by atoms with van der Waals surface area (Å²) in [4.78, 5) is 44.5. The van der Waals surface area contributed by atoms with Gasteiger partial charge in [-0.3, -0.25) is 24.5 Å². The standard InChI is InChI=1S/C19H20N4O9S/c1-31-16-7-6-14(10-15(16)23(27)28)33(29,30)21-9-8-18(25)32-11-17(24)22-13-4-2-12(3-5-13)19(20)26/h2-7,10,21H,8-9,11H2,1H3,(H2,20,26)(H,22,24). The Kier molecular flexibility index (Phi) is 8.42. The molecule has 0 saturated heterocycles. The van der Waals surface area contributed by atoms with Gasteiger partial charge in [0, 0.05) is 23.9 Å². The average Bonchev–Trinajstić information content (AvgIpc) is 2.77. The average molecular weight is 480 g/mol. The van der Waals surface area contributed by atoms with Crippen LogP contribution in [0.4, 0.5) is 11.4 Å². The van der Waals surface area contributed by atoms with Crippen LogP contribution in [-0.4, -0.2) is 51.4 Å². The third-order valence-corrected chi connectivity index (χ3v) is 5.55. The molecule has 2 aromatic carbocycles. The molecule has 14 heteroatoms. The number of amides is 2. The number of nitrogens with two attached hydrogens (primary N) is 1. The van der Waals surface area contributed by atoms with Gasteiger partial charge in [-0.25, -0.2) is 13.1 Å². The van der Waals surface area contributed by atoms with Crippen LogP contribution in [-0.2, 0) is 24.3 Å². The Morgan fingerprint density at radius 3 is 2.36 bits per heavy atom. The number of ether oxygens (including phenoxy) is 2. The molecule has 2 rings (SSSR count). The van der Waals surface area contributed by atoms with Gasteiger partial charge in [0.25, 0.3) is 5.91 Å². The van der Waals surface area contributed by atoms with Crippen molar-refractivity contribution in [3.8, 4) is 5.75 Å². The van der Waals surface area contributed by atoms with Gasteiger partial charge in [-0.05, 0) is 36.4 Å². The SMILES string of the molecule is COc1ccc(S(=O)(=O)NCCC(=O)OCC(=O)Nc2ccc(C(N)=O)cc2)cc1[N+](=O)[O-]. The van der Waals surface area contributed by atoms with Crippen molar-refractivity contribution in [1.29, 1.82) is 0 Å². The lowest BCUT2D eigenvalue weighted by Crippen LogP contribution is -2.28. The zero-order valence-corrected chi connectivity index (χ0v) is 18.1. The number of rotatable bonds is 11. The number of anilines is 1. The molecule has 176 valence electrons. The first-order chi connectivity index (χ1) is 15.5. The van der Waals surface area contributed by atoms with Gasteiger partial charge in [-0.15, -0.1) is 0 Å². The highest BCUT2D eigenvalue weighted by Crippen LogP contribution is 2.29. The summed E-state index contributed by atoms with van der Waals surface area (Å²) in [6.45, 7) is -0.981. The minimum absolute atomic E-state index is 0.107. The summed E-state index contributed by atoms with van der Waals surface area (Å²) in [5, 5.41) is 13.5. The largest absolute Gasteiger partial charge is 0.490 e. The number of carbonyl (C=O) groups excluding carboxylic acids is 3. The van der Waals surface area contributed by atoms with Gasteiger partial charge in [0.1, 0.15) is 0 Å². The van der Waals surface area contributed by atoms with Crippen molar-refractivity contribution < 1.29 is 37.2 Å². The number of hydrogen-bond donors (Lipinski definition) is 3. The predicted molar refractivity (Wildman–Crippen MR) is 114 cm³/mol. The number of esters is 1. The molecule has 2 aromatic rings. The van der Waals surface area contributed by atoms with Crippen LogP contribution in [0, 0.1) is 10.1 Å². The Morgan fingerprint density at radius 2 is 1.79 bits per heavy atom.